The first-order valence-electron chi connectivity index (χ1n) is 8.11. The van der Waals surface area contributed by atoms with Crippen molar-refractivity contribution in [3.8, 4) is 17.0 Å². The number of carbonyl (C=O) groups is 1. The van der Waals surface area contributed by atoms with Gasteiger partial charge >= 0.3 is 12.1 Å². The van der Waals surface area contributed by atoms with E-state index in [4.69, 9.17) is 16.3 Å². The third kappa shape index (κ3) is 4.47. The van der Waals surface area contributed by atoms with Crippen LogP contribution >= 0.6 is 11.6 Å². The molecule has 0 saturated heterocycles. The third-order valence-corrected chi connectivity index (χ3v) is 4.22. The predicted molar refractivity (Wildman–Crippen MR) is 95.6 cm³/mol. The Hall–Kier alpha value is -2.42. The van der Waals surface area contributed by atoms with Crippen LogP contribution in [-0.2, 0) is 6.54 Å². The summed E-state index contributed by atoms with van der Waals surface area (Å²) in [6.07, 6.45) is -3.72. The summed E-state index contributed by atoms with van der Waals surface area (Å²) >= 11 is 6.22. The number of rotatable bonds is 7. The normalized spacial score (nSPS) is 12.7. The number of hydrogen-bond donors (Lipinski definition) is 2. The summed E-state index contributed by atoms with van der Waals surface area (Å²) in [5, 5.41) is 15.6. The molecule has 2 aromatic rings. The molecular formula is C17H19ClF3N3O3. The molecule has 0 saturated carbocycles. The Morgan fingerprint density at radius 3 is 2.63 bits per heavy atom. The van der Waals surface area contributed by atoms with E-state index in [-0.39, 0.29) is 22.2 Å². The van der Waals surface area contributed by atoms with E-state index in [2.05, 4.69) is 10.4 Å². The Balaban J connectivity index is 2.52. The third-order valence-electron chi connectivity index (χ3n) is 3.86. The Morgan fingerprint density at radius 1 is 1.44 bits per heavy atom. The molecule has 6 nitrogen and oxygen atoms in total. The average Bonchev–Trinajstić information content (AvgIpc) is 2.91. The highest BCUT2D eigenvalue weighted by molar-refractivity contribution is 6.35. The van der Waals surface area contributed by atoms with Gasteiger partial charge in [0.2, 0.25) is 0 Å². The van der Waals surface area contributed by atoms with Gasteiger partial charge in [-0.2, -0.15) is 18.3 Å². The number of carboxylic acids is 1. The smallest absolute Gasteiger partial charge is 0.408 e. The molecule has 1 heterocycles. The molecule has 0 fully saturated rings. The van der Waals surface area contributed by atoms with Crippen LogP contribution < -0.4 is 10.1 Å². The minimum absolute atomic E-state index is 0.0568. The molecule has 2 rings (SSSR count). The summed E-state index contributed by atoms with van der Waals surface area (Å²) < 4.78 is 45.0. The van der Waals surface area contributed by atoms with Crippen LogP contribution in [-0.4, -0.2) is 40.2 Å². The fourth-order valence-corrected chi connectivity index (χ4v) is 2.83. The molecule has 27 heavy (non-hydrogen) atoms. The highest BCUT2D eigenvalue weighted by Gasteiger charge is 2.36. The Bertz CT molecular complexity index is 837. The molecular weight excluding hydrogens is 387 g/mol. The summed E-state index contributed by atoms with van der Waals surface area (Å²) in [4.78, 5) is 11.3. The van der Waals surface area contributed by atoms with Crippen LogP contribution in [0.3, 0.4) is 0 Å². The van der Waals surface area contributed by atoms with Crippen molar-refractivity contribution >= 4 is 23.3 Å². The van der Waals surface area contributed by atoms with E-state index in [9.17, 15) is 23.1 Å². The minimum Gasteiger partial charge on any atom is -0.496 e. The molecule has 0 aliphatic rings. The monoisotopic (exact) mass is 405 g/mol. The van der Waals surface area contributed by atoms with Crippen molar-refractivity contribution in [2.45, 2.75) is 39.0 Å². The molecule has 0 radical (unpaired) electrons. The molecule has 0 amide bonds. The largest absolute Gasteiger partial charge is 0.496 e. The number of benzene rings is 1. The molecule has 0 bridgehead atoms. The lowest BCUT2D eigenvalue weighted by Gasteiger charge is -2.19. The number of ether oxygens (including phenoxy) is 1. The van der Waals surface area contributed by atoms with Crippen molar-refractivity contribution in [3.05, 3.63) is 28.9 Å². The number of aryl methyl sites for hydroxylation is 1. The van der Waals surface area contributed by atoms with E-state index in [1.54, 1.807) is 0 Å². The van der Waals surface area contributed by atoms with Crippen LogP contribution in [0.25, 0.3) is 11.3 Å². The van der Waals surface area contributed by atoms with Gasteiger partial charge in [-0.1, -0.05) is 18.5 Å². The van der Waals surface area contributed by atoms with E-state index in [0.717, 1.165) is 6.92 Å². The van der Waals surface area contributed by atoms with Crippen LogP contribution in [0.2, 0.25) is 5.02 Å². The summed E-state index contributed by atoms with van der Waals surface area (Å²) in [6, 6.07) is 2.61. The van der Waals surface area contributed by atoms with Crippen LogP contribution in [0.4, 0.5) is 18.9 Å². The van der Waals surface area contributed by atoms with Crippen molar-refractivity contribution < 1.29 is 27.8 Å². The number of anilines is 1. The zero-order chi connectivity index (χ0) is 20.4. The molecule has 1 atom stereocenters. The number of aromatic carboxylic acids is 1. The second kappa shape index (κ2) is 8.08. The summed E-state index contributed by atoms with van der Waals surface area (Å²) in [5.74, 6) is -1.03. The number of hydrogen-bond acceptors (Lipinski definition) is 4. The van der Waals surface area contributed by atoms with Gasteiger partial charge in [0.25, 0.3) is 0 Å². The number of carboxylic acid groups (broad SMARTS) is 1. The topological polar surface area (TPSA) is 76.4 Å². The molecule has 10 heteroatoms. The van der Waals surface area contributed by atoms with Crippen molar-refractivity contribution in [2.75, 3.05) is 12.4 Å². The zero-order valence-corrected chi connectivity index (χ0v) is 15.6. The van der Waals surface area contributed by atoms with Gasteiger partial charge < -0.3 is 15.2 Å². The SMILES string of the molecule is CCCn1nc(C(=O)O)c(Cl)c1-c1ccc(N[C@H](C)C(F)(F)F)cc1OC. The first-order valence-corrected chi connectivity index (χ1v) is 8.49. The zero-order valence-electron chi connectivity index (χ0n) is 14.9. The summed E-state index contributed by atoms with van der Waals surface area (Å²) in [6.45, 7) is 3.31. The first kappa shape index (κ1) is 20.9. The molecule has 0 aliphatic heterocycles. The van der Waals surface area contributed by atoms with Gasteiger partial charge in [0.15, 0.2) is 5.69 Å². The molecule has 148 valence electrons. The minimum atomic E-state index is -4.40. The predicted octanol–water partition coefficient (Wildman–Crippen LogP) is 4.68. The van der Waals surface area contributed by atoms with Crippen LogP contribution in [0, 0.1) is 0 Å². The molecule has 0 aliphatic carbocycles. The van der Waals surface area contributed by atoms with E-state index in [0.29, 0.717) is 24.2 Å². The second-order valence-electron chi connectivity index (χ2n) is 5.86. The quantitative estimate of drug-likeness (QED) is 0.699. The fraction of sp³-hybridized carbons (Fsp3) is 0.412. The fourth-order valence-electron chi connectivity index (χ4n) is 2.52. The van der Waals surface area contributed by atoms with Gasteiger partial charge in [-0.3, -0.25) is 4.68 Å². The Morgan fingerprint density at radius 2 is 2.11 bits per heavy atom. The lowest BCUT2D eigenvalue weighted by atomic mass is 10.1. The number of nitrogens with zero attached hydrogens (tertiary/aromatic N) is 2. The van der Waals surface area contributed by atoms with Gasteiger partial charge in [-0.15, -0.1) is 0 Å². The van der Waals surface area contributed by atoms with Crippen LogP contribution in [0.5, 0.6) is 5.75 Å². The maximum Gasteiger partial charge on any atom is 0.408 e. The van der Waals surface area contributed by atoms with E-state index >= 15 is 0 Å². The number of alkyl halides is 3. The number of halogens is 4. The van der Waals surface area contributed by atoms with Crippen molar-refractivity contribution in [1.82, 2.24) is 9.78 Å². The Kier molecular flexibility index (Phi) is 6.25. The second-order valence-corrected chi connectivity index (χ2v) is 6.24. The van der Waals surface area contributed by atoms with Crippen molar-refractivity contribution in [3.63, 3.8) is 0 Å². The standard InChI is InChI=1S/C17H19ClF3N3O3/c1-4-7-24-15(13(18)14(23-24)16(25)26)11-6-5-10(8-12(11)27-3)22-9(2)17(19,20)21/h5-6,8-9,22H,4,7H2,1-3H3,(H,25,26)/t9-/m1/s1. The highest BCUT2D eigenvalue weighted by atomic mass is 35.5. The number of aromatic nitrogens is 2. The van der Waals surface area contributed by atoms with Gasteiger partial charge in [-0.05, 0) is 25.5 Å². The van der Waals surface area contributed by atoms with Crippen LogP contribution in [0.15, 0.2) is 18.2 Å². The molecule has 1 aromatic carbocycles. The summed E-state index contributed by atoms with van der Waals surface area (Å²) in [7, 11) is 1.36. The van der Waals surface area contributed by atoms with Gasteiger partial charge in [0.05, 0.1) is 12.8 Å². The Labute approximate surface area is 158 Å². The first-order chi connectivity index (χ1) is 12.6. The highest BCUT2D eigenvalue weighted by Crippen LogP contribution is 2.38. The number of nitrogens with one attached hydrogen (secondary N) is 1. The summed E-state index contributed by atoms with van der Waals surface area (Å²) in [5.41, 5.74) is 0.677. The van der Waals surface area contributed by atoms with E-state index in [1.807, 2.05) is 6.92 Å². The lowest BCUT2D eigenvalue weighted by molar-refractivity contribution is -0.138. The average molecular weight is 406 g/mol. The van der Waals surface area contributed by atoms with Gasteiger partial charge in [0, 0.05) is 23.9 Å². The van der Waals surface area contributed by atoms with Gasteiger partial charge in [-0.25, -0.2) is 4.79 Å². The molecule has 1 aromatic heterocycles. The molecule has 2 N–H and O–H groups in total. The lowest BCUT2D eigenvalue weighted by Crippen LogP contribution is -2.33. The van der Waals surface area contributed by atoms with E-state index in [1.165, 1.54) is 30.0 Å². The number of methoxy groups -OCH3 is 1. The van der Waals surface area contributed by atoms with E-state index < -0.39 is 18.2 Å². The maximum absolute atomic E-state index is 12.8. The van der Waals surface area contributed by atoms with Gasteiger partial charge in [0.1, 0.15) is 16.8 Å². The van der Waals surface area contributed by atoms with Crippen molar-refractivity contribution in [2.24, 2.45) is 0 Å². The molecule has 0 spiro atoms. The van der Waals surface area contributed by atoms with Crippen molar-refractivity contribution in [1.29, 1.82) is 0 Å². The van der Waals surface area contributed by atoms with Crippen LogP contribution in [0.1, 0.15) is 30.8 Å². The maximum atomic E-state index is 12.8. The molecule has 0 unspecified atom stereocenters.